The molecule has 0 saturated heterocycles. The predicted molar refractivity (Wildman–Crippen MR) is 95.7 cm³/mol. The van der Waals surface area contributed by atoms with Crippen LogP contribution in [0.5, 0.6) is 0 Å². The molecule has 1 aromatic carbocycles. The number of carbonyl (C=O) groups excluding carboxylic acids is 2. The van der Waals surface area contributed by atoms with E-state index in [1.54, 1.807) is 41.8 Å². The molecule has 7 nitrogen and oxygen atoms in total. The number of nitrogens with one attached hydrogen (secondary N) is 2. The molecule has 0 unspecified atom stereocenters. The molecule has 124 valence electrons. The molecule has 24 heavy (non-hydrogen) atoms. The van der Waals surface area contributed by atoms with E-state index in [0.717, 1.165) is 0 Å². The Labute approximate surface area is 148 Å². The summed E-state index contributed by atoms with van der Waals surface area (Å²) in [6.45, 7) is 0.180. The zero-order valence-electron chi connectivity index (χ0n) is 12.4. The van der Waals surface area contributed by atoms with Gasteiger partial charge in [0.05, 0.1) is 16.8 Å². The Morgan fingerprint density at radius 2 is 1.92 bits per heavy atom. The number of nitrogens with two attached hydrogens (primary N) is 1. The third kappa shape index (κ3) is 3.44. The van der Waals surface area contributed by atoms with E-state index in [-0.39, 0.29) is 36.7 Å². The molecule has 0 radical (unpaired) electrons. The highest BCUT2D eigenvalue weighted by molar-refractivity contribution is 7.14. The zero-order chi connectivity index (χ0) is 16.4. The highest BCUT2D eigenvalue weighted by Crippen LogP contribution is 2.22. The highest BCUT2D eigenvalue weighted by Gasteiger charge is 2.34. The Kier molecular flexibility index (Phi) is 5.32. The third-order valence-corrected chi connectivity index (χ3v) is 3.99. The number of imide groups is 1. The van der Waals surface area contributed by atoms with Gasteiger partial charge < -0.3 is 11.1 Å². The lowest BCUT2D eigenvalue weighted by atomic mass is 10.1. The summed E-state index contributed by atoms with van der Waals surface area (Å²) in [5, 5.41) is 12.0. The number of aromatic nitrogens is 1. The first-order chi connectivity index (χ1) is 11.1. The zero-order valence-corrected chi connectivity index (χ0v) is 14.0. The van der Waals surface area contributed by atoms with E-state index < -0.39 is 0 Å². The van der Waals surface area contributed by atoms with Crippen molar-refractivity contribution >= 4 is 52.7 Å². The number of fused-ring (bicyclic) bond motifs is 1. The van der Waals surface area contributed by atoms with Crippen LogP contribution in [0.3, 0.4) is 0 Å². The number of anilines is 1. The average molecular weight is 364 g/mol. The summed E-state index contributed by atoms with van der Waals surface area (Å²) in [7, 11) is 0. The number of thiazole rings is 1. The summed E-state index contributed by atoms with van der Waals surface area (Å²) in [5.74, 6) is -0.749. The van der Waals surface area contributed by atoms with Crippen molar-refractivity contribution in [1.82, 2.24) is 9.88 Å². The van der Waals surface area contributed by atoms with Crippen LogP contribution < -0.4 is 11.1 Å². The Balaban J connectivity index is 0.00000208. The Bertz CT molecular complexity index is 798. The van der Waals surface area contributed by atoms with Crippen LogP contribution in [0.25, 0.3) is 6.08 Å². The second-order valence-electron chi connectivity index (χ2n) is 4.79. The van der Waals surface area contributed by atoms with Gasteiger partial charge in [0.2, 0.25) is 0 Å². The van der Waals surface area contributed by atoms with E-state index in [1.165, 1.54) is 16.2 Å². The molecule has 2 heterocycles. The van der Waals surface area contributed by atoms with Gasteiger partial charge in [-0.25, -0.2) is 4.98 Å². The fraction of sp³-hybridized carbons (Fsp3) is 0.0667. The largest absolute Gasteiger partial charge is 0.370 e. The number of benzene rings is 1. The summed E-state index contributed by atoms with van der Waals surface area (Å²) < 4.78 is 0. The van der Waals surface area contributed by atoms with Crippen LogP contribution in [0.4, 0.5) is 5.13 Å². The number of guanidine groups is 1. The van der Waals surface area contributed by atoms with Crippen LogP contribution in [0.15, 0.2) is 35.7 Å². The average Bonchev–Trinajstić information content (AvgIpc) is 3.05. The molecule has 2 aromatic rings. The van der Waals surface area contributed by atoms with Crippen molar-refractivity contribution in [2.24, 2.45) is 5.73 Å². The van der Waals surface area contributed by atoms with Crippen molar-refractivity contribution in [3.8, 4) is 0 Å². The molecule has 0 bridgehead atoms. The maximum absolute atomic E-state index is 12.2. The molecule has 0 fully saturated rings. The molecule has 4 N–H and O–H groups in total. The monoisotopic (exact) mass is 363 g/mol. The minimum atomic E-state index is -0.285. The standard InChI is InChI=1S/C15H13N5O2S.ClH/c16-14(17)19-15-18-9(8-23-15)4-3-7-20-12(21)10-5-1-2-6-11(10)13(20)22;/h1-6,8H,7H2,(H4,16,17,18,19);1H/b4-3+;. The van der Waals surface area contributed by atoms with Gasteiger partial charge in [0.15, 0.2) is 11.1 Å². The van der Waals surface area contributed by atoms with Crippen LogP contribution in [0.1, 0.15) is 26.4 Å². The van der Waals surface area contributed by atoms with Crippen LogP contribution in [-0.4, -0.2) is 34.2 Å². The Morgan fingerprint density at radius 3 is 2.50 bits per heavy atom. The van der Waals surface area contributed by atoms with Crippen molar-refractivity contribution in [2.45, 2.75) is 0 Å². The summed E-state index contributed by atoms with van der Waals surface area (Å²) >= 11 is 1.31. The van der Waals surface area contributed by atoms with E-state index in [1.807, 2.05) is 0 Å². The first kappa shape index (κ1) is 17.6. The first-order valence-corrected chi connectivity index (χ1v) is 7.62. The normalized spacial score (nSPS) is 13.1. The molecule has 2 amide bonds. The van der Waals surface area contributed by atoms with E-state index in [4.69, 9.17) is 11.1 Å². The SMILES string of the molecule is Cl.N=C(N)Nc1nc(/C=C/CN2C(=O)c3ccccc3C2=O)cs1. The lowest BCUT2D eigenvalue weighted by Crippen LogP contribution is -2.29. The molecule has 1 aromatic heterocycles. The van der Waals surface area contributed by atoms with Crippen molar-refractivity contribution in [3.63, 3.8) is 0 Å². The number of nitrogens with zero attached hydrogens (tertiary/aromatic N) is 2. The quantitative estimate of drug-likeness (QED) is 0.438. The van der Waals surface area contributed by atoms with Gasteiger partial charge in [-0.15, -0.1) is 23.7 Å². The van der Waals surface area contributed by atoms with Gasteiger partial charge in [-0.3, -0.25) is 19.9 Å². The smallest absolute Gasteiger partial charge is 0.261 e. The van der Waals surface area contributed by atoms with Crippen molar-refractivity contribution < 1.29 is 9.59 Å². The van der Waals surface area contributed by atoms with Crippen LogP contribution in [0, 0.1) is 5.41 Å². The van der Waals surface area contributed by atoms with E-state index in [2.05, 4.69) is 10.3 Å². The second kappa shape index (κ2) is 7.24. The highest BCUT2D eigenvalue weighted by atomic mass is 35.5. The molecular formula is C15H14ClN5O2S. The van der Waals surface area contributed by atoms with E-state index >= 15 is 0 Å². The van der Waals surface area contributed by atoms with Gasteiger partial charge in [0, 0.05) is 11.9 Å². The molecule has 0 spiro atoms. The number of carbonyl (C=O) groups is 2. The number of hydrogen-bond donors (Lipinski definition) is 3. The number of halogens is 1. The Hall–Kier alpha value is -2.71. The fourth-order valence-electron chi connectivity index (χ4n) is 2.22. The van der Waals surface area contributed by atoms with Gasteiger partial charge in [-0.1, -0.05) is 18.2 Å². The third-order valence-electron chi connectivity index (χ3n) is 3.22. The summed E-state index contributed by atoms with van der Waals surface area (Å²) in [4.78, 5) is 29.8. The molecule has 0 aliphatic carbocycles. The first-order valence-electron chi connectivity index (χ1n) is 6.74. The molecule has 1 aliphatic heterocycles. The second-order valence-corrected chi connectivity index (χ2v) is 5.64. The molecule has 1 aliphatic rings. The maximum atomic E-state index is 12.2. The van der Waals surface area contributed by atoms with Gasteiger partial charge in [0.1, 0.15) is 0 Å². The fourth-order valence-corrected chi connectivity index (χ4v) is 2.91. The van der Waals surface area contributed by atoms with Crippen molar-refractivity contribution in [2.75, 3.05) is 11.9 Å². The minimum Gasteiger partial charge on any atom is -0.370 e. The number of rotatable bonds is 4. The van der Waals surface area contributed by atoms with Crippen molar-refractivity contribution in [3.05, 3.63) is 52.5 Å². The minimum absolute atomic E-state index is 0. The van der Waals surface area contributed by atoms with Gasteiger partial charge in [-0.05, 0) is 18.2 Å². The molecule has 3 rings (SSSR count). The maximum Gasteiger partial charge on any atom is 0.261 e. The number of amides is 2. The number of hydrogen-bond acceptors (Lipinski definition) is 5. The van der Waals surface area contributed by atoms with Gasteiger partial charge in [-0.2, -0.15) is 0 Å². The summed E-state index contributed by atoms with van der Waals surface area (Å²) in [6.07, 6.45) is 3.42. The van der Waals surface area contributed by atoms with Crippen LogP contribution in [0.2, 0.25) is 0 Å². The Morgan fingerprint density at radius 1 is 1.29 bits per heavy atom. The predicted octanol–water partition coefficient (Wildman–Crippen LogP) is 2.18. The van der Waals surface area contributed by atoms with E-state index in [9.17, 15) is 9.59 Å². The summed E-state index contributed by atoms with van der Waals surface area (Å²) in [6, 6.07) is 6.78. The van der Waals surface area contributed by atoms with E-state index in [0.29, 0.717) is 22.0 Å². The molecule has 9 heteroatoms. The molecule has 0 saturated carbocycles. The lowest BCUT2D eigenvalue weighted by molar-refractivity contribution is 0.0672. The van der Waals surface area contributed by atoms with Crippen LogP contribution in [-0.2, 0) is 0 Å². The topological polar surface area (TPSA) is 112 Å². The van der Waals surface area contributed by atoms with Crippen LogP contribution >= 0.6 is 23.7 Å². The molecule has 0 atom stereocenters. The summed E-state index contributed by atoms with van der Waals surface area (Å²) in [5.41, 5.74) is 6.77. The van der Waals surface area contributed by atoms with Crippen molar-refractivity contribution in [1.29, 1.82) is 5.41 Å². The lowest BCUT2D eigenvalue weighted by Gasteiger charge is -2.10. The van der Waals surface area contributed by atoms with Gasteiger partial charge >= 0.3 is 0 Å². The molecular weight excluding hydrogens is 350 g/mol. The van der Waals surface area contributed by atoms with Gasteiger partial charge in [0.25, 0.3) is 11.8 Å².